The van der Waals surface area contributed by atoms with E-state index in [0.717, 1.165) is 26.6 Å². The van der Waals surface area contributed by atoms with Gasteiger partial charge in [-0.05, 0) is 106 Å². The number of carbonyl (C=O) groups excluding carboxylic acids is 1. The van der Waals surface area contributed by atoms with Gasteiger partial charge in [-0.3, -0.25) is 4.79 Å². The average Bonchev–Trinajstić information content (AvgIpc) is 3.30. The molecule has 2 aliphatic rings. The first-order chi connectivity index (χ1) is 30.4. The van der Waals surface area contributed by atoms with Crippen molar-refractivity contribution in [3.8, 4) is 40.2 Å². The number of benzene rings is 6. The van der Waals surface area contributed by atoms with Gasteiger partial charge < -0.3 is 29.4 Å². The maximum absolute atomic E-state index is 14.6. The number of aliphatic carboxylic acids is 1. The van der Waals surface area contributed by atoms with Gasteiger partial charge in [-0.15, -0.1) is 0 Å². The molecule has 8 rings (SSSR count). The molecule has 6 aromatic carbocycles. The molecule has 0 bridgehead atoms. The Bertz CT molecular complexity index is 2830. The highest BCUT2D eigenvalue weighted by molar-refractivity contribution is 7.89. The quantitative estimate of drug-likeness (QED) is 0.115. The first kappa shape index (κ1) is 43.1. The molecule has 0 saturated carbocycles. The minimum Gasteiger partial charge on any atom is -0.495 e. The number of nitriles is 1. The summed E-state index contributed by atoms with van der Waals surface area (Å²) in [6, 6.07) is 36.0. The normalized spacial score (nSPS) is 16.2. The van der Waals surface area contributed by atoms with E-state index < -0.39 is 40.1 Å². The van der Waals surface area contributed by atoms with Gasteiger partial charge in [0.2, 0.25) is 15.9 Å². The molecule has 0 aromatic heterocycles. The molecule has 0 aliphatic carbocycles. The van der Waals surface area contributed by atoms with Gasteiger partial charge in [0, 0.05) is 13.0 Å². The maximum Gasteiger partial charge on any atom is 0.326 e. The van der Waals surface area contributed by atoms with Crippen molar-refractivity contribution in [2.24, 2.45) is 0 Å². The molecule has 1 amide bonds. The third-order valence-electron chi connectivity index (χ3n) is 11.0. The lowest BCUT2D eigenvalue weighted by molar-refractivity contribution is -0.142. The number of fused-ring (bicyclic) bond motifs is 2. The molecule has 12 nitrogen and oxygen atoms in total. The van der Waals surface area contributed by atoms with Crippen molar-refractivity contribution in [2.75, 3.05) is 13.7 Å². The third kappa shape index (κ3) is 9.45. The van der Waals surface area contributed by atoms with Crippen LogP contribution < -0.4 is 24.3 Å². The van der Waals surface area contributed by atoms with Crippen molar-refractivity contribution in [3.63, 3.8) is 0 Å². The van der Waals surface area contributed by atoms with Crippen molar-refractivity contribution in [3.05, 3.63) is 171 Å². The Kier molecular flexibility index (Phi) is 12.6. The molecule has 3 unspecified atom stereocenters. The lowest BCUT2D eigenvalue weighted by atomic mass is 9.93. The van der Waals surface area contributed by atoms with Gasteiger partial charge in [0.15, 0.2) is 17.6 Å². The van der Waals surface area contributed by atoms with Crippen LogP contribution in [0.3, 0.4) is 0 Å². The number of hydrogen-bond acceptors (Lipinski definition) is 9. The van der Waals surface area contributed by atoms with Crippen LogP contribution in [0.25, 0.3) is 11.1 Å². The molecule has 6 aromatic rings. The Morgan fingerprint density at radius 3 is 2.24 bits per heavy atom. The largest absolute Gasteiger partial charge is 0.495 e. The number of amides is 1. The van der Waals surface area contributed by atoms with Crippen LogP contribution in [0.5, 0.6) is 23.0 Å². The summed E-state index contributed by atoms with van der Waals surface area (Å²) in [7, 11) is -3.05. The zero-order valence-electron chi connectivity index (χ0n) is 33.7. The molecule has 3 atom stereocenters. The lowest BCUT2D eigenvalue weighted by Gasteiger charge is -2.37. The van der Waals surface area contributed by atoms with Crippen molar-refractivity contribution in [1.82, 2.24) is 9.62 Å². The lowest BCUT2D eigenvalue weighted by Crippen LogP contribution is -2.55. The van der Waals surface area contributed by atoms with Gasteiger partial charge in [-0.2, -0.15) is 9.57 Å². The predicted molar refractivity (Wildman–Crippen MR) is 236 cm³/mol. The molecule has 63 heavy (non-hydrogen) atoms. The van der Waals surface area contributed by atoms with E-state index in [4.69, 9.17) is 47.4 Å². The minimum absolute atomic E-state index is 0.0639. The molecule has 2 aliphatic heterocycles. The Hall–Kier alpha value is -6.56. The summed E-state index contributed by atoms with van der Waals surface area (Å²) in [4.78, 5) is 26.8. The number of carboxylic acids is 1. The van der Waals surface area contributed by atoms with Crippen molar-refractivity contribution in [1.29, 1.82) is 5.26 Å². The number of hydrogen-bond donors (Lipinski definition) is 2. The van der Waals surface area contributed by atoms with E-state index >= 15 is 0 Å². The van der Waals surface area contributed by atoms with Crippen LogP contribution in [0.15, 0.2) is 132 Å². The van der Waals surface area contributed by atoms with Crippen LogP contribution in [0, 0.1) is 11.3 Å². The second-order valence-corrected chi connectivity index (χ2v) is 17.7. The van der Waals surface area contributed by atoms with Gasteiger partial charge in [-0.25, -0.2) is 13.2 Å². The van der Waals surface area contributed by atoms with Crippen LogP contribution in [-0.4, -0.2) is 55.5 Å². The minimum atomic E-state index is -4.41. The first-order valence-electron chi connectivity index (χ1n) is 19.8. The van der Waals surface area contributed by atoms with E-state index in [0.29, 0.717) is 56.2 Å². The summed E-state index contributed by atoms with van der Waals surface area (Å²) >= 11 is 12.2. The highest BCUT2D eigenvalue weighted by atomic mass is 35.5. The zero-order chi connectivity index (χ0) is 44.3. The monoisotopic (exact) mass is 903 g/mol. The number of nitrogens with zero attached hydrogens (tertiary/aromatic N) is 2. The van der Waals surface area contributed by atoms with Gasteiger partial charge in [0.1, 0.15) is 41.7 Å². The standard InChI is InChI=1S/C48H39Cl2N3O9S/c1-59-42-4-2-3-5-46(42)63(57,58)53-26-36-24-44-43(61-28-45(62-44)34-15-17-37(18-16-34)60-27-31-10-19-38(49)39(50)20-31)23-35(36)22-41(53)47(54)52-40(48(55)56)21-29-6-11-32(12-7-29)33-13-8-30(25-51)9-14-33/h2-20,23-24,40-41,45H,21-22,26-28H2,1H3,(H,52,54)(H,55,56). The fourth-order valence-electron chi connectivity index (χ4n) is 7.57. The Labute approximate surface area is 374 Å². The van der Waals surface area contributed by atoms with Gasteiger partial charge in [-0.1, -0.05) is 89.9 Å². The second-order valence-electron chi connectivity index (χ2n) is 15.0. The number of carboxylic acid groups (broad SMARTS) is 1. The molecule has 0 radical (unpaired) electrons. The van der Waals surface area contributed by atoms with Gasteiger partial charge >= 0.3 is 5.97 Å². The predicted octanol–water partition coefficient (Wildman–Crippen LogP) is 8.56. The Balaban J connectivity index is 1.02. The number of ether oxygens (including phenoxy) is 4. The number of sulfonamides is 1. The number of halogens is 2. The smallest absolute Gasteiger partial charge is 0.326 e. The van der Waals surface area contributed by atoms with E-state index in [1.54, 1.807) is 60.7 Å². The van der Waals surface area contributed by atoms with Crippen molar-refractivity contribution >= 4 is 45.1 Å². The van der Waals surface area contributed by atoms with Crippen molar-refractivity contribution < 1.29 is 42.1 Å². The number of para-hydroxylation sites is 1. The summed E-state index contributed by atoms with van der Waals surface area (Å²) in [5.74, 6) is -0.505. The number of carbonyl (C=O) groups is 2. The number of methoxy groups -OCH3 is 1. The van der Waals surface area contributed by atoms with Crippen LogP contribution >= 0.6 is 23.2 Å². The fourth-order valence-corrected chi connectivity index (χ4v) is 9.62. The van der Waals surface area contributed by atoms with E-state index in [1.807, 2.05) is 54.6 Å². The molecule has 2 heterocycles. The van der Waals surface area contributed by atoms with Crippen LogP contribution in [0.4, 0.5) is 0 Å². The van der Waals surface area contributed by atoms with Gasteiger partial charge in [0.05, 0.1) is 28.8 Å². The summed E-state index contributed by atoms with van der Waals surface area (Å²) in [6.07, 6.45) is -0.633. The molecule has 0 spiro atoms. The number of rotatable bonds is 13. The molecule has 2 N–H and O–H groups in total. The summed E-state index contributed by atoms with van der Waals surface area (Å²) in [6.45, 7) is 0.248. The molecule has 0 saturated heterocycles. The molecule has 320 valence electrons. The third-order valence-corrected chi connectivity index (χ3v) is 13.6. The van der Waals surface area contributed by atoms with Crippen LogP contribution in [0.1, 0.15) is 39.5 Å². The Morgan fingerprint density at radius 1 is 0.873 bits per heavy atom. The summed E-state index contributed by atoms with van der Waals surface area (Å²) in [5, 5.41) is 23.0. The molecule has 0 fully saturated rings. The number of nitrogens with one attached hydrogen (secondary N) is 1. The van der Waals surface area contributed by atoms with Crippen LogP contribution in [0.2, 0.25) is 10.0 Å². The average molecular weight is 905 g/mol. The molecular weight excluding hydrogens is 866 g/mol. The summed E-state index contributed by atoms with van der Waals surface area (Å²) < 4.78 is 54.2. The fraction of sp³-hybridized carbons (Fsp3) is 0.188. The zero-order valence-corrected chi connectivity index (χ0v) is 36.0. The van der Waals surface area contributed by atoms with E-state index in [-0.39, 0.29) is 36.6 Å². The highest BCUT2D eigenvalue weighted by Gasteiger charge is 2.42. The SMILES string of the molecule is COc1ccccc1S(=O)(=O)N1Cc2cc3c(cc2CC1C(=O)NC(Cc1ccc(-c2ccc(C#N)cc2)cc1)C(=O)O)OCC(c1ccc(OCc2ccc(Cl)c(Cl)c2)cc1)O3. The molecular formula is C48H39Cl2N3O9S. The van der Waals surface area contributed by atoms with E-state index in [1.165, 1.54) is 19.2 Å². The van der Waals surface area contributed by atoms with Gasteiger partial charge in [0.25, 0.3) is 0 Å². The highest BCUT2D eigenvalue weighted by Crippen LogP contribution is 2.42. The maximum atomic E-state index is 14.6. The Morgan fingerprint density at radius 2 is 1.56 bits per heavy atom. The van der Waals surface area contributed by atoms with Crippen LogP contribution in [-0.2, 0) is 45.6 Å². The van der Waals surface area contributed by atoms with E-state index in [2.05, 4.69) is 11.4 Å². The van der Waals surface area contributed by atoms with Crippen molar-refractivity contribution in [2.45, 2.75) is 49.1 Å². The topological polar surface area (TPSA) is 164 Å². The summed E-state index contributed by atoms with van der Waals surface area (Å²) in [5.41, 5.74) is 5.84. The molecule has 15 heteroatoms. The first-order valence-corrected chi connectivity index (χ1v) is 22.0. The second kappa shape index (κ2) is 18.4. The van der Waals surface area contributed by atoms with E-state index in [9.17, 15) is 23.1 Å².